The Labute approximate surface area is 145 Å². The Hall–Kier alpha value is -1.61. The zero-order valence-corrected chi connectivity index (χ0v) is 16.3. The van der Waals surface area contributed by atoms with E-state index in [9.17, 15) is 8.42 Å². The molecule has 24 heavy (non-hydrogen) atoms. The molecule has 1 atom stereocenters. The minimum absolute atomic E-state index is 0.0841. The predicted molar refractivity (Wildman–Crippen MR) is 97.8 cm³/mol. The summed E-state index contributed by atoms with van der Waals surface area (Å²) in [7, 11) is 0.485. The van der Waals surface area contributed by atoms with E-state index in [2.05, 4.69) is 39.3 Å². The van der Waals surface area contributed by atoms with Gasteiger partial charge in [-0.1, -0.05) is 0 Å². The smallest absolute Gasteiger partial charge is 0.211 e. The first-order valence-corrected chi connectivity index (χ1v) is 9.79. The number of hydrogen-bond acceptors (Lipinski definition) is 4. The maximum Gasteiger partial charge on any atom is 0.211 e. The number of nitrogens with zero attached hydrogens (tertiary/aromatic N) is 3. The van der Waals surface area contributed by atoms with Gasteiger partial charge in [0.1, 0.15) is 0 Å². The van der Waals surface area contributed by atoms with Gasteiger partial charge in [0, 0.05) is 38.9 Å². The molecule has 0 aliphatic carbocycles. The molecule has 0 spiro atoms. The van der Waals surface area contributed by atoms with Crippen LogP contribution in [0.25, 0.3) is 0 Å². The number of nitrogens with one attached hydrogen (secondary N) is 3. The molecule has 0 radical (unpaired) electrons. The van der Waals surface area contributed by atoms with Gasteiger partial charge < -0.3 is 10.6 Å². The summed E-state index contributed by atoms with van der Waals surface area (Å²) in [6, 6.07) is 0.171. The van der Waals surface area contributed by atoms with E-state index >= 15 is 0 Å². The summed E-state index contributed by atoms with van der Waals surface area (Å²) in [5, 5.41) is 10.9. The highest BCUT2D eigenvalue weighted by Gasteiger charge is 2.14. The largest absolute Gasteiger partial charge is 0.355 e. The van der Waals surface area contributed by atoms with Crippen LogP contribution in [0.5, 0.6) is 0 Å². The van der Waals surface area contributed by atoms with Crippen molar-refractivity contribution in [3.8, 4) is 0 Å². The molecule has 8 nitrogen and oxygen atoms in total. The van der Waals surface area contributed by atoms with E-state index in [-0.39, 0.29) is 11.8 Å². The molecule has 1 rings (SSSR count). The highest BCUT2D eigenvalue weighted by Crippen LogP contribution is 2.13. The fourth-order valence-electron chi connectivity index (χ4n) is 2.39. The second kappa shape index (κ2) is 9.03. The molecule has 0 amide bonds. The molecule has 0 aliphatic heterocycles. The number of aromatic nitrogens is 2. The van der Waals surface area contributed by atoms with E-state index in [4.69, 9.17) is 0 Å². The van der Waals surface area contributed by atoms with E-state index in [1.54, 1.807) is 14.0 Å². The zero-order chi connectivity index (χ0) is 18.3. The lowest BCUT2D eigenvalue weighted by Gasteiger charge is -2.18. The van der Waals surface area contributed by atoms with Gasteiger partial charge in [-0.05, 0) is 39.7 Å². The normalized spacial score (nSPS) is 13.8. The van der Waals surface area contributed by atoms with Gasteiger partial charge in [-0.2, -0.15) is 5.10 Å². The topological polar surface area (TPSA) is 100 Å². The second-order valence-corrected chi connectivity index (χ2v) is 7.91. The van der Waals surface area contributed by atoms with Crippen molar-refractivity contribution < 1.29 is 8.42 Å². The van der Waals surface area contributed by atoms with E-state index in [1.807, 2.05) is 18.7 Å². The second-order valence-electron chi connectivity index (χ2n) is 5.82. The lowest BCUT2D eigenvalue weighted by molar-refractivity contribution is 0.580. The molecule has 138 valence electrons. The zero-order valence-electron chi connectivity index (χ0n) is 15.5. The number of aryl methyl sites for hydroxylation is 2. The summed E-state index contributed by atoms with van der Waals surface area (Å²) in [6.45, 7) is 8.57. The lowest BCUT2D eigenvalue weighted by atomic mass is 10.1. The molecule has 0 saturated heterocycles. The van der Waals surface area contributed by atoms with E-state index < -0.39 is 10.0 Å². The molecule has 0 fully saturated rings. The van der Waals surface area contributed by atoms with Crippen molar-refractivity contribution in [3.05, 3.63) is 17.0 Å². The fraction of sp³-hybridized carbons (Fsp3) is 0.733. The van der Waals surface area contributed by atoms with E-state index in [1.165, 1.54) is 5.56 Å². The number of sulfonamides is 1. The van der Waals surface area contributed by atoms with Crippen molar-refractivity contribution in [2.75, 3.05) is 25.9 Å². The van der Waals surface area contributed by atoms with Gasteiger partial charge >= 0.3 is 0 Å². The molecule has 1 heterocycles. The van der Waals surface area contributed by atoms with Gasteiger partial charge in [0.25, 0.3) is 0 Å². The van der Waals surface area contributed by atoms with Crippen molar-refractivity contribution in [2.45, 2.75) is 40.2 Å². The molecule has 1 aromatic rings. The molecule has 1 aromatic heterocycles. The summed E-state index contributed by atoms with van der Waals surface area (Å²) >= 11 is 0. The first kappa shape index (κ1) is 20.4. The summed E-state index contributed by atoms with van der Waals surface area (Å²) in [4.78, 5) is 4.17. The molecule has 1 unspecified atom stereocenters. The number of aliphatic imine (C=N–C) groups is 1. The molecule has 3 N–H and O–H groups in total. The number of guanidine groups is 1. The summed E-state index contributed by atoms with van der Waals surface area (Å²) in [5.41, 5.74) is 3.45. The van der Waals surface area contributed by atoms with Crippen LogP contribution in [0.1, 0.15) is 30.8 Å². The van der Waals surface area contributed by atoms with Crippen LogP contribution in [0.3, 0.4) is 0 Å². The SMILES string of the molecule is CCS(=O)(=O)NCCNC(=NC)NC(C)Cc1c(C)nn(C)c1C. The van der Waals surface area contributed by atoms with Crippen LogP contribution in [-0.4, -0.2) is 56.1 Å². The molecule has 0 aromatic carbocycles. The maximum atomic E-state index is 11.4. The highest BCUT2D eigenvalue weighted by atomic mass is 32.2. The Balaban J connectivity index is 2.47. The Morgan fingerprint density at radius 1 is 1.33 bits per heavy atom. The first-order chi connectivity index (χ1) is 11.2. The van der Waals surface area contributed by atoms with E-state index in [0.717, 1.165) is 17.8 Å². The Kier molecular flexibility index (Phi) is 7.68. The van der Waals surface area contributed by atoms with Gasteiger partial charge in [-0.3, -0.25) is 9.67 Å². The molecule has 0 bridgehead atoms. The van der Waals surface area contributed by atoms with Crippen molar-refractivity contribution in [2.24, 2.45) is 12.0 Å². The van der Waals surface area contributed by atoms with Crippen LogP contribution in [0.2, 0.25) is 0 Å². The van der Waals surface area contributed by atoms with Crippen LogP contribution in [0, 0.1) is 13.8 Å². The first-order valence-electron chi connectivity index (χ1n) is 8.13. The van der Waals surface area contributed by atoms with Gasteiger partial charge in [0.05, 0.1) is 11.4 Å². The molecular formula is C15H30N6O2S. The van der Waals surface area contributed by atoms with Crippen molar-refractivity contribution in [1.82, 2.24) is 25.1 Å². The van der Waals surface area contributed by atoms with Crippen molar-refractivity contribution in [1.29, 1.82) is 0 Å². The molecule has 0 saturated carbocycles. The summed E-state index contributed by atoms with van der Waals surface area (Å²) in [5.74, 6) is 0.735. The Morgan fingerprint density at radius 3 is 2.50 bits per heavy atom. The highest BCUT2D eigenvalue weighted by molar-refractivity contribution is 7.89. The van der Waals surface area contributed by atoms with Gasteiger partial charge in [0.15, 0.2) is 5.96 Å². The fourth-order valence-corrected chi connectivity index (χ4v) is 3.00. The van der Waals surface area contributed by atoms with Crippen LogP contribution in [0.4, 0.5) is 0 Å². The van der Waals surface area contributed by atoms with Crippen LogP contribution in [-0.2, 0) is 23.5 Å². The quantitative estimate of drug-likeness (QED) is 0.347. The minimum atomic E-state index is -3.15. The van der Waals surface area contributed by atoms with Gasteiger partial charge in [-0.15, -0.1) is 0 Å². The summed E-state index contributed by atoms with van der Waals surface area (Å²) in [6.07, 6.45) is 0.842. The third-order valence-corrected chi connectivity index (χ3v) is 5.30. The van der Waals surface area contributed by atoms with Crippen molar-refractivity contribution in [3.63, 3.8) is 0 Å². The van der Waals surface area contributed by atoms with E-state index in [0.29, 0.717) is 19.0 Å². The van der Waals surface area contributed by atoms with Gasteiger partial charge in [-0.25, -0.2) is 13.1 Å². The Bertz CT molecular complexity index is 666. The van der Waals surface area contributed by atoms with Crippen LogP contribution in [0.15, 0.2) is 4.99 Å². The number of rotatable bonds is 8. The van der Waals surface area contributed by atoms with Crippen LogP contribution >= 0.6 is 0 Å². The Morgan fingerprint density at radius 2 is 2.00 bits per heavy atom. The van der Waals surface area contributed by atoms with Crippen LogP contribution < -0.4 is 15.4 Å². The standard InChI is InChI=1S/C15H30N6O2S/c1-7-24(22,23)18-9-8-17-15(16-5)19-11(2)10-14-12(3)20-21(6)13(14)4/h11,18H,7-10H2,1-6H3,(H2,16,17,19). The maximum absolute atomic E-state index is 11.4. The summed E-state index contributed by atoms with van der Waals surface area (Å²) < 4.78 is 27.1. The van der Waals surface area contributed by atoms with Crippen molar-refractivity contribution >= 4 is 16.0 Å². The average Bonchev–Trinajstić information content (AvgIpc) is 2.76. The molecule has 0 aliphatic rings. The molecular weight excluding hydrogens is 328 g/mol. The lowest BCUT2D eigenvalue weighted by Crippen LogP contribution is -2.45. The predicted octanol–water partition coefficient (Wildman–Crippen LogP) is 0.0722. The third-order valence-electron chi connectivity index (χ3n) is 3.90. The number of hydrogen-bond donors (Lipinski definition) is 3. The average molecular weight is 359 g/mol. The monoisotopic (exact) mass is 358 g/mol. The third kappa shape index (κ3) is 6.12. The minimum Gasteiger partial charge on any atom is -0.355 e. The molecule has 9 heteroatoms. The van der Waals surface area contributed by atoms with Gasteiger partial charge in [0.2, 0.25) is 10.0 Å².